The molecule has 0 aromatic heterocycles. The lowest BCUT2D eigenvalue weighted by Gasteiger charge is -2.04. The SMILES string of the molecule is O=C(O)CCNC(=O)CSc1ccc(F)cc1F. The number of benzene rings is 1. The van der Waals surface area contributed by atoms with E-state index in [4.69, 9.17) is 5.11 Å². The van der Waals surface area contributed by atoms with Crippen LogP contribution in [0.5, 0.6) is 0 Å². The van der Waals surface area contributed by atoms with Crippen molar-refractivity contribution in [1.82, 2.24) is 5.32 Å². The Morgan fingerprint density at radius 2 is 2.06 bits per heavy atom. The van der Waals surface area contributed by atoms with E-state index >= 15 is 0 Å². The van der Waals surface area contributed by atoms with E-state index in [9.17, 15) is 18.4 Å². The van der Waals surface area contributed by atoms with Gasteiger partial charge in [0.05, 0.1) is 12.2 Å². The van der Waals surface area contributed by atoms with Crippen LogP contribution in [0.1, 0.15) is 6.42 Å². The van der Waals surface area contributed by atoms with Gasteiger partial charge in [-0.05, 0) is 12.1 Å². The molecule has 0 fully saturated rings. The molecule has 0 radical (unpaired) electrons. The number of rotatable bonds is 6. The van der Waals surface area contributed by atoms with Gasteiger partial charge in [-0.15, -0.1) is 11.8 Å². The molecule has 0 saturated heterocycles. The molecular formula is C11H11F2NO3S. The van der Waals surface area contributed by atoms with Crippen LogP contribution in [0.15, 0.2) is 23.1 Å². The fourth-order valence-corrected chi connectivity index (χ4v) is 1.85. The third kappa shape index (κ3) is 5.13. The number of aliphatic carboxylic acids is 1. The van der Waals surface area contributed by atoms with Crippen molar-refractivity contribution in [3.05, 3.63) is 29.8 Å². The average Bonchev–Trinajstić information content (AvgIpc) is 2.27. The van der Waals surface area contributed by atoms with Crippen molar-refractivity contribution in [3.63, 3.8) is 0 Å². The molecule has 0 aliphatic carbocycles. The summed E-state index contributed by atoms with van der Waals surface area (Å²) in [5.41, 5.74) is 0. The number of hydrogen-bond donors (Lipinski definition) is 2. The van der Waals surface area contributed by atoms with Crippen molar-refractivity contribution in [2.45, 2.75) is 11.3 Å². The van der Waals surface area contributed by atoms with Crippen molar-refractivity contribution >= 4 is 23.6 Å². The van der Waals surface area contributed by atoms with Gasteiger partial charge in [0.2, 0.25) is 5.91 Å². The molecule has 18 heavy (non-hydrogen) atoms. The molecular weight excluding hydrogens is 264 g/mol. The highest BCUT2D eigenvalue weighted by Gasteiger charge is 2.08. The van der Waals surface area contributed by atoms with E-state index in [0.29, 0.717) is 0 Å². The van der Waals surface area contributed by atoms with E-state index in [1.165, 1.54) is 6.07 Å². The van der Waals surface area contributed by atoms with Crippen molar-refractivity contribution in [3.8, 4) is 0 Å². The van der Waals surface area contributed by atoms with Crippen LogP contribution in [0.4, 0.5) is 8.78 Å². The number of hydrogen-bond acceptors (Lipinski definition) is 3. The number of halogens is 2. The second-order valence-electron chi connectivity index (χ2n) is 3.36. The molecule has 7 heteroatoms. The molecule has 0 heterocycles. The van der Waals surface area contributed by atoms with Crippen molar-refractivity contribution in [2.24, 2.45) is 0 Å². The van der Waals surface area contributed by atoms with E-state index in [1.807, 2.05) is 0 Å². The summed E-state index contributed by atoms with van der Waals surface area (Å²) in [4.78, 5) is 21.6. The first-order valence-corrected chi connectivity index (χ1v) is 6.04. The molecule has 0 saturated carbocycles. The molecule has 4 nitrogen and oxygen atoms in total. The highest BCUT2D eigenvalue weighted by Crippen LogP contribution is 2.21. The van der Waals surface area contributed by atoms with E-state index in [-0.39, 0.29) is 23.6 Å². The van der Waals surface area contributed by atoms with Crippen LogP contribution in [-0.2, 0) is 9.59 Å². The number of nitrogens with one attached hydrogen (secondary N) is 1. The van der Waals surface area contributed by atoms with Crippen LogP contribution in [0.3, 0.4) is 0 Å². The Morgan fingerprint density at radius 3 is 2.67 bits per heavy atom. The average molecular weight is 275 g/mol. The lowest BCUT2D eigenvalue weighted by atomic mass is 10.3. The molecule has 0 aliphatic heterocycles. The summed E-state index contributed by atoms with van der Waals surface area (Å²) in [6.45, 7) is 0.0284. The maximum atomic E-state index is 13.2. The zero-order valence-electron chi connectivity index (χ0n) is 9.28. The fraction of sp³-hybridized carbons (Fsp3) is 0.273. The quantitative estimate of drug-likeness (QED) is 0.775. The second-order valence-corrected chi connectivity index (χ2v) is 4.37. The first kappa shape index (κ1) is 14.4. The largest absolute Gasteiger partial charge is 0.481 e. The molecule has 0 aliphatic rings. The fourth-order valence-electron chi connectivity index (χ4n) is 1.10. The Balaban J connectivity index is 2.36. The molecule has 0 spiro atoms. The summed E-state index contributed by atoms with van der Waals surface area (Å²) >= 11 is 0.922. The predicted molar refractivity (Wildman–Crippen MR) is 62.3 cm³/mol. The summed E-state index contributed by atoms with van der Waals surface area (Å²) in [6, 6.07) is 3.10. The maximum Gasteiger partial charge on any atom is 0.305 e. The molecule has 98 valence electrons. The van der Waals surface area contributed by atoms with Gasteiger partial charge in [-0.1, -0.05) is 0 Å². The maximum absolute atomic E-state index is 13.2. The number of carboxylic acid groups (broad SMARTS) is 1. The van der Waals surface area contributed by atoms with Crippen molar-refractivity contribution in [1.29, 1.82) is 0 Å². The Morgan fingerprint density at radius 1 is 1.33 bits per heavy atom. The monoisotopic (exact) mass is 275 g/mol. The van der Waals surface area contributed by atoms with Gasteiger partial charge >= 0.3 is 5.97 Å². The number of carboxylic acids is 1. The number of amides is 1. The summed E-state index contributed by atoms with van der Waals surface area (Å²) in [6.07, 6.45) is -0.165. The van der Waals surface area contributed by atoms with Crippen molar-refractivity contribution < 1.29 is 23.5 Å². The molecule has 2 N–H and O–H groups in total. The lowest BCUT2D eigenvalue weighted by molar-refractivity contribution is -0.136. The van der Waals surface area contributed by atoms with E-state index < -0.39 is 23.5 Å². The van der Waals surface area contributed by atoms with Gasteiger partial charge in [0.15, 0.2) is 0 Å². The van der Waals surface area contributed by atoms with Crippen LogP contribution in [0.2, 0.25) is 0 Å². The summed E-state index contributed by atoms with van der Waals surface area (Å²) in [5.74, 6) is -2.86. The Bertz CT molecular complexity index is 454. The zero-order chi connectivity index (χ0) is 13.5. The Hall–Kier alpha value is -1.63. The van der Waals surface area contributed by atoms with E-state index in [1.54, 1.807) is 0 Å². The normalized spacial score (nSPS) is 10.1. The molecule has 1 aromatic rings. The van der Waals surface area contributed by atoms with Gasteiger partial charge in [0.1, 0.15) is 11.6 Å². The molecule has 1 amide bonds. The third-order valence-corrected chi connectivity index (χ3v) is 2.96. The van der Waals surface area contributed by atoms with E-state index in [2.05, 4.69) is 5.32 Å². The van der Waals surface area contributed by atoms with Gasteiger partial charge in [-0.25, -0.2) is 8.78 Å². The van der Waals surface area contributed by atoms with Crippen LogP contribution >= 0.6 is 11.8 Å². The molecule has 0 atom stereocenters. The number of carbonyl (C=O) groups is 2. The van der Waals surface area contributed by atoms with Gasteiger partial charge < -0.3 is 10.4 Å². The summed E-state index contributed by atoms with van der Waals surface area (Å²) < 4.78 is 25.8. The summed E-state index contributed by atoms with van der Waals surface area (Å²) in [5, 5.41) is 10.7. The minimum Gasteiger partial charge on any atom is -0.481 e. The Labute approximate surface area is 106 Å². The zero-order valence-corrected chi connectivity index (χ0v) is 10.1. The molecule has 1 aromatic carbocycles. The first-order valence-electron chi connectivity index (χ1n) is 5.05. The minimum atomic E-state index is -1.01. The number of carbonyl (C=O) groups excluding carboxylic acids is 1. The minimum absolute atomic E-state index is 0.0284. The van der Waals surface area contributed by atoms with Gasteiger partial charge in [0, 0.05) is 17.5 Å². The topological polar surface area (TPSA) is 66.4 Å². The highest BCUT2D eigenvalue weighted by molar-refractivity contribution is 8.00. The van der Waals surface area contributed by atoms with E-state index in [0.717, 1.165) is 23.9 Å². The van der Waals surface area contributed by atoms with Gasteiger partial charge in [-0.3, -0.25) is 9.59 Å². The number of thioether (sulfide) groups is 1. The smallest absolute Gasteiger partial charge is 0.305 e. The van der Waals surface area contributed by atoms with Crippen molar-refractivity contribution in [2.75, 3.05) is 12.3 Å². The summed E-state index contributed by atoms with van der Waals surface area (Å²) in [7, 11) is 0. The third-order valence-electron chi connectivity index (χ3n) is 1.91. The molecule has 0 unspecified atom stereocenters. The van der Waals surface area contributed by atoms with Gasteiger partial charge in [0.25, 0.3) is 0 Å². The predicted octanol–water partition coefficient (Wildman–Crippen LogP) is 1.65. The van der Waals surface area contributed by atoms with Crippen LogP contribution in [0.25, 0.3) is 0 Å². The lowest BCUT2D eigenvalue weighted by Crippen LogP contribution is -2.27. The van der Waals surface area contributed by atoms with Gasteiger partial charge in [-0.2, -0.15) is 0 Å². The van der Waals surface area contributed by atoms with Crippen LogP contribution < -0.4 is 5.32 Å². The Kier molecular flexibility index (Phi) is 5.57. The van der Waals surface area contributed by atoms with Crippen LogP contribution in [0, 0.1) is 11.6 Å². The first-order chi connectivity index (χ1) is 8.49. The molecule has 0 bridgehead atoms. The second kappa shape index (κ2) is 6.95. The molecule has 1 rings (SSSR count). The highest BCUT2D eigenvalue weighted by atomic mass is 32.2. The standard InChI is InChI=1S/C11H11F2NO3S/c12-7-1-2-9(8(13)5-7)18-6-10(15)14-4-3-11(16)17/h1-2,5H,3-4,6H2,(H,14,15)(H,16,17). The van der Waals surface area contributed by atoms with Crippen LogP contribution in [-0.4, -0.2) is 29.3 Å².